The molecule has 0 aliphatic rings. The molecule has 2 aromatic rings. The summed E-state index contributed by atoms with van der Waals surface area (Å²) >= 11 is 1.30. The number of carbonyl (C=O) groups is 4. The van der Waals surface area contributed by atoms with Gasteiger partial charge in [-0.25, -0.2) is 14.4 Å². The summed E-state index contributed by atoms with van der Waals surface area (Å²) in [5.41, 5.74) is -2.36. The van der Waals surface area contributed by atoms with Gasteiger partial charge in [0.05, 0.1) is 24.7 Å². The van der Waals surface area contributed by atoms with Crippen LogP contribution in [0.3, 0.4) is 0 Å². The summed E-state index contributed by atoms with van der Waals surface area (Å²) in [4.78, 5) is 51.0. The average Bonchev–Trinajstić information content (AvgIpc) is 3.37. The van der Waals surface area contributed by atoms with E-state index in [9.17, 15) is 19.2 Å². The summed E-state index contributed by atoms with van der Waals surface area (Å²) < 4.78 is 20.6. The van der Waals surface area contributed by atoms with Gasteiger partial charge in [0, 0.05) is 18.9 Å². The molecule has 11 heteroatoms. The van der Waals surface area contributed by atoms with Gasteiger partial charge in [-0.2, -0.15) is 0 Å². The van der Waals surface area contributed by atoms with E-state index < -0.39 is 35.8 Å². The molecular formula is C20H24N2O8S. The minimum absolute atomic E-state index is 0.0499. The Balaban J connectivity index is 2.69. The summed E-state index contributed by atoms with van der Waals surface area (Å²) in [5, 5.41) is 7.95. The zero-order chi connectivity index (χ0) is 23.0. The fourth-order valence-corrected chi connectivity index (χ4v) is 3.61. The molecule has 0 aromatic carbocycles. The molecule has 0 saturated carbocycles. The average molecular weight is 452 g/mol. The Morgan fingerprint density at radius 2 is 1.68 bits per heavy atom. The number of amides is 1. The number of thiophene rings is 1. The van der Waals surface area contributed by atoms with Crippen LogP contribution in [0.5, 0.6) is 0 Å². The lowest BCUT2D eigenvalue weighted by Crippen LogP contribution is -2.62. The highest BCUT2D eigenvalue weighted by Crippen LogP contribution is 2.33. The summed E-state index contributed by atoms with van der Waals surface area (Å²) in [5.74, 6) is -3.36. The van der Waals surface area contributed by atoms with Crippen LogP contribution in [0.4, 0.5) is 0 Å². The van der Waals surface area contributed by atoms with Crippen molar-refractivity contribution in [1.82, 2.24) is 10.5 Å². The van der Waals surface area contributed by atoms with Crippen molar-refractivity contribution in [1.29, 1.82) is 0 Å². The van der Waals surface area contributed by atoms with Gasteiger partial charge in [-0.05, 0) is 32.2 Å². The lowest BCUT2D eigenvalue weighted by molar-refractivity contribution is -0.168. The van der Waals surface area contributed by atoms with Gasteiger partial charge in [0.25, 0.3) is 0 Å². The summed E-state index contributed by atoms with van der Waals surface area (Å²) in [6, 6.07) is 3.48. The maximum absolute atomic E-state index is 12.9. The lowest BCUT2D eigenvalue weighted by atomic mass is 9.88. The van der Waals surface area contributed by atoms with Crippen LogP contribution in [0, 0.1) is 0 Å². The first-order valence-electron chi connectivity index (χ1n) is 9.63. The number of aromatic nitrogens is 1. The Morgan fingerprint density at radius 1 is 1.06 bits per heavy atom. The van der Waals surface area contributed by atoms with Crippen molar-refractivity contribution in [2.75, 3.05) is 19.8 Å². The van der Waals surface area contributed by atoms with Crippen molar-refractivity contribution in [2.24, 2.45) is 0 Å². The number of rotatable bonds is 10. The molecule has 0 aliphatic carbocycles. The second kappa shape index (κ2) is 10.7. The monoisotopic (exact) mass is 452 g/mol. The molecule has 0 radical (unpaired) electrons. The van der Waals surface area contributed by atoms with E-state index in [4.69, 9.17) is 18.7 Å². The van der Waals surface area contributed by atoms with Crippen molar-refractivity contribution in [3.63, 3.8) is 0 Å². The first kappa shape index (κ1) is 24.1. The maximum Gasteiger partial charge on any atom is 0.360 e. The Labute approximate surface area is 182 Å². The lowest BCUT2D eigenvalue weighted by Gasteiger charge is -2.29. The van der Waals surface area contributed by atoms with Gasteiger partial charge in [0.15, 0.2) is 11.5 Å². The zero-order valence-electron chi connectivity index (χ0n) is 17.7. The Kier molecular flexibility index (Phi) is 8.31. The molecule has 0 atom stereocenters. The standard InChI is InChI=1S/C20H24N2O8S/c1-5-27-17(24)15-13(16(30-22-15)14-9-8-10-31-14)11-20(21-12(4)23,18(25)28-6-2)19(26)29-7-3/h8-10H,5-7,11H2,1-4H3,(H,21,23). The van der Waals surface area contributed by atoms with Crippen LogP contribution in [0.15, 0.2) is 22.0 Å². The van der Waals surface area contributed by atoms with Crippen molar-refractivity contribution in [2.45, 2.75) is 39.7 Å². The van der Waals surface area contributed by atoms with Crippen LogP contribution < -0.4 is 5.32 Å². The zero-order valence-corrected chi connectivity index (χ0v) is 18.5. The third-order valence-corrected chi connectivity index (χ3v) is 4.95. The predicted molar refractivity (Wildman–Crippen MR) is 109 cm³/mol. The van der Waals surface area contributed by atoms with Crippen molar-refractivity contribution >= 4 is 35.2 Å². The molecule has 2 rings (SSSR count). The van der Waals surface area contributed by atoms with Crippen molar-refractivity contribution in [3.05, 3.63) is 28.8 Å². The highest BCUT2D eigenvalue weighted by Gasteiger charge is 2.52. The number of esters is 3. The van der Waals surface area contributed by atoms with E-state index in [1.54, 1.807) is 38.3 Å². The maximum atomic E-state index is 12.9. The molecule has 2 heterocycles. The van der Waals surface area contributed by atoms with E-state index in [0.29, 0.717) is 4.88 Å². The fourth-order valence-electron chi connectivity index (χ4n) is 2.88. The third kappa shape index (κ3) is 5.29. The van der Waals surface area contributed by atoms with Gasteiger partial charge in [0.1, 0.15) is 0 Å². The molecule has 1 N–H and O–H groups in total. The number of carbonyl (C=O) groups excluding carboxylic acids is 4. The number of hydrogen-bond acceptors (Lipinski definition) is 10. The smallest absolute Gasteiger partial charge is 0.360 e. The van der Waals surface area contributed by atoms with Gasteiger partial charge >= 0.3 is 17.9 Å². The molecule has 168 valence electrons. The van der Waals surface area contributed by atoms with Crippen molar-refractivity contribution < 1.29 is 37.9 Å². The van der Waals surface area contributed by atoms with E-state index in [2.05, 4.69) is 10.5 Å². The fraction of sp³-hybridized carbons (Fsp3) is 0.450. The summed E-state index contributed by atoms with van der Waals surface area (Å²) in [6.07, 6.45) is -0.491. The normalized spacial score (nSPS) is 11.0. The topological polar surface area (TPSA) is 134 Å². The first-order chi connectivity index (χ1) is 14.8. The summed E-state index contributed by atoms with van der Waals surface area (Å²) in [6.45, 7) is 5.86. The molecule has 0 spiro atoms. The highest BCUT2D eigenvalue weighted by molar-refractivity contribution is 7.13. The van der Waals surface area contributed by atoms with Gasteiger partial charge in [-0.1, -0.05) is 11.2 Å². The number of nitrogens with one attached hydrogen (secondary N) is 1. The van der Waals surface area contributed by atoms with E-state index in [0.717, 1.165) is 6.92 Å². The summed E-state index contributed by atoms with van der Waals surface area (Å²) in [7, 11) is 0. The molecule has 0 fully saturated rings. The molecule has 0 bridgehead atoms. The quantitative estimate of drug-likeness (QED) is 0.327. The van der Waals surface area contributed by atoms with Crippen molar-refractivity contribution in [3.8, 4) is 10.6 Å². The highest BCUT2D eigenvalue weighted by atomic mass is 32.1. The second-order valence-electron chi connectivity index (χ2n) is 6.24. The number of nitrogens with zero attached hydrogens (tertiary/aromatic N) is 1. The van der Waals surface area contributed by atoms with Crippen LogP contribution in [0.1, 0.15) is 43.7 Å². The van der Waals surface area contributed by atoms with Gasteiger partial charge < -0.3 is 24.1 Å². The van der Waals surface area contributed by atoms with Crippen LogP contribution in [-0.2, 0) is 35.0 Å². The van der Waals surface area contributed by atoms with Gasteiger partial charge in [0.2, 0.25) is 11.4 Å². The van der Waals surface area contributed by atoms with Crippen LogP contribution in [-0.4, -0.2) is 54.3 Å². The Hall–Kier alpha value is -3.21. The molecule has 31 heavy (non-hydrogen) atoms. The molecule has 10 nitrogen and oxygen atoms in total. The Morgan fingerprint density at radius 3 is 2.16 bits per heavy atom. The van der Waals surface area contributed by atoms with E-state index in [1.165, 1.54) is 11.3 Å². The molecule has 0 aliphatic heterocycles. The minimum atomic E-state index is -2.25. The predicted octanol–water partition coefficient (Wildman–Crippen LogP) is 2.12. The molecule has 0 unspecified atom stereocenters. The van der Waals surface area contributed by atoms with Gasteiger partial charge in [-0.15, -0.1) is 11.3 Å². The largest absolute Gasteiger partial charge is 0.464 e. The number of hydrogen-bond donors (Lipinski definition) is 1. The van der Waals surface area contributed by atoms with Crippen LogP contribution >= 0.6 is 11.3 Å². The SMILES string of the molecule is CCOC(=O)c1noc(-c2cccs2)c1CC(NC(C)=O)(C(=O)OCC)C(=O)OCC. The van der Waals surface area contributed by atoms with E-state index >= 15 is 0 Å². The van der Waals surface area contributed by atoms with Gasteiger partial charge in [-0.3, -0.25) is 4.79 Å². The van der Waals surface area contributed by atoms with E-state index in [-0.39, 0.29) is 36.8 Å². The number of ether oxygens (including phenoxy) is 3. The first-order valence-corrected chi connectivity index (χ1v) is 10.5. The van der Waals surface area contributed by atoms with E-state index in [1.807, 2.05) is 0 Å². The molecular weight excluding hydrogens is 428 g/mol. The second-order valence-corrected chi connectivity index (χ2v) is 7.19. The minimum Gasteiger partial charge on any atom is -0.464 e. The van der Waals surface area contributed by atoms with Crippen LogP contribution in [0.2, 0.25) is 0 Å². The molecule has 0 saturated heterocycles. The Bertz CT molecular complexity index is 917. The van der Waals surface area contributed by atoms with Crippen LogP contribution in [0.25, 0.3) is 10.6 Å². The molecule has 2 aromatic heterocycles. The molecule has 1 amide bonds. The third-order valence-electron chi connectivity index (χ3n) is 4.08.